The highest BCUT2D eigenvalue weighted by Crippen LogP contribution is 2.16. The highest BCUT2D eigenvalue weighted by molar-refractivity contribution is 5.76. The van der Waals surface area contributed by atoms with Crippen molar-refractivity contribution in [1.29, 1.82) is 0 Å². The van der Waals surface area contributed by atoms with Crippen LogP contribution in [0.1, 0.15) is 24.8 Å². The fourth-order valence-corrected chi connectivity index (χ4v) is 3.33. The van der Waals surface area contributed by atoms with Crippen LogP contribution in [-0.4, -0.2) is 65.8 Å². The van der Waals surface area contributed by atoms with Gasteiger partial charge in [0.05, 0.1) is 25.2 Å². The van der Waals surface area contributed by atoms with E-state index in [0.717, 1.165) is 19.6 Å². The van der Waals surface area contributed by atoms with Crippen LogP contribution in [0.3, 0.4) is 0 Å². The highest BCUT2D eigenvalue weighted by atomic mass is 16.5. The zero-order chi connectivity index (χ0) is 16.1. The van der Waals surface area contributed by atoms with Crippen molar-refractivity contribution in [2.45, 2.75) is 38.0 Å². The third-order valence-corrected chi connectivity index (χ3v) is 4.69. The van der Waals surface area contributed by atoms with Crippen LogP contribution < -0.4 is 0 Å². The van der Waals surface area contributed by atoms with E-state index in [-0.39, 0.29) is 18.1 Å². The highest BCUT2D eigenvalue weighted by Gasteiger charge is 2.27. The van der Waals surface area contributed by atoms with Gasteiger partial charge in [0.1, 0.15) is 0 Å². The number of hydrogen-bond donors (Lipinski definition) is 1. The van der Waals surface area contributed by atoms with Crippen molar-refractivity contribution in [3.8, 4) is 0 Å². The van der Waals surface area contributed by atoms with Crippen molar-refractivity contribution in [2.75, 3.05) is 32.8 Å². The van der Waals surface area contributed by atoms with Crippen molar-refractivity contribution in [3.05, 3.63) is 35.9 Å². The molecule has 2 aliphatic heterocycles. The van der Waals surface area contributed by atoms with Gasteiger partial charge < -0.3 is 14.7 Å². The smallest absolute Gasteiger partial charge is 0.225 e. The maximum absolute atomic E-state index is 12.4. The molecular formula is C18H26N2O3. The summed E-state index contributed by atoms with van der Waals surface area (Å²) in [5.41, 5.74) is 1.30. The molecule has 1 N–H and O–H groups in total. The number of aliphatic hydroxyl groups is 1. The van der Waals surface area contributed by atoms with Gasteiger partial charge in [-0.15, -0.1) is 0 Å². The third kappa shape index (κ3) is 4.77. The van der Waals surface area contributed by atoms with E-state index in [1.54, 1.807) is 0 Å². The molecule has 2 aliphatic rings. The molecule has 0 aromatic heterocycles. The number of carbonyl (C=O) groups excluding carboxylic acids is 1. The number of amides is 1. The Bertz CT molecular complexity index is 500. The lowest BCUT2D eigenvalue weighted by atomic mass is 10.1. The first-order valence-electron chi connectivity index (χ1n) is 8.54. The second-order valence-electron chi connectivity index (χ2n) is 6.53. The van der Waals surface area contributed by atoms with Crippen LogP contribution in [0.4, 0.5) is 0 Å². The molecule has 0 spiro atoms. The lowest BCUT2D eigenvalue weighted by Crippen LogP contribution is -2.46. The van der Waals surface area contributed by atoms with Gasteiger partial charge in [-0.1, -0.05) is 30.3 Å². The number of rotatable bonds is 4. The Morgan fingerprint density at radius 1 is 1.17 bits per heavy atom. The van der Waals surface area contributed by atoms with E-state index >= 15 is 0 Å². The van der Waals surface area contributed by atoms with E-state index < -0.39 is 0 Å². The summed E-state index contributed by atoms with van der Waals surface area (Å²) in [5, 5.41) is 9.54. The van der Waals surface area contributed by atoms with Crippen LogP contribution >= 0.6 is 0 Å². The molecule has 5 heteroatoms. The zero-order valence-corrected chi connectivity index (χ0v) is 13.6. The molecule has 1 unspecified atom stereocenters. The van der Waals surface area contributed by atoms with Gasteiger partial charge in [-0.3, -0.25) is 9.69 Å². The molecule has 23 heavy (non-hydrogen) atoms. The Morgan fingerprint density at radius 3 is 2.65 bits per heavy atom. The minimum Gasteiger partial charge on any atom is -0.393 e. The Labute approximate surface area is 137 Å². The first-order valence-corrected chi connectivity index (χ1v) is 8.54. The van der Waals surface area contributed by atoms with Gasteiger partial charge in [-0.25, -0.2) is 0 Å². The minimum absolute atomic E-state index is 0.0215. The number of carbonyl (C=O) groups is 1. The second-order valence-corrected chi connectivity index (χ2v) is 6.53. The molecule has 3 rings (SSSR count). The van der Waals surface area contributed by atoms with Crippen LogP contribution in [-0.2, 0) is 16.1 Å². The van der Waals surface area contributed by atoms with E-state index in [9.17, 15) is 9.90 Å². The van der Waals surface area contributed by atoms with Gasteiger partial charge in [0.2, 0.25) is 5.91 Å². The normalized spacial score (nSPS) is 23.9. The predicted molar refractivity (Wildman–Crippen MR) is 87.9 cm³/mol. The van der Waals surface area contributed by atoms with Crippen LogP contribution in [0.2, 0.25) is 0 Å². The summed E-state index contributed by atoms with van der Waals surface area (Å²) in [7, 11) is 0. The quantitative estimate of drug-likeness (QED) is 0.908. The van der Waals surface area contributed by atoms with E-state index in [1.165, 1.54) is 5.56 Å². The molecule has 5 nitrogen and oxygen atoms in total. The number of morpholine rings is 1. The zero-order valence-electron chi connectivity index (χ0n) is 13.6. The molecule has 1 aromatic carbocycles. The van der Waals surface area contributed by atoms with Crippen molar-refractivity contribution in [3.63, 3.8) is 0 Å². The first-order chi connectivity index (χ1) is 11.2. The van der Waals surface area contributed by atoms with Crippen molar-refractivity contribution in [2.24, 2.45) is 0 Å². The van der Waals surface area contributed by atoms with E-state index in [1.807, 2.05) is 11.0 Å². The summed E-state index contributed by atoms with van der Waals surface area (Å²) in [5.74, 6) is 0.156. The number of likely N-dealkylation sites (tertiary alicyclic amines) is 1. The molecule has 2 saturated heterocycles. The summed E-state index contributed by atoms with van der Waals surface area (Å²) in [6.45, 7) is 4.64. The monoisotopic (exact) mass is 318 g/mol. The summed E-state index contributed by atoms with van der Waals surface area (Å²) in [6, 6.07) is 10.4. The summed E-state index contributed by atoms with van der Waals surface area (Å²) >= 11 is 0. The summed E-state index contributed by atoms with van der Waals surface area (Å²) in [6.07, 6.45) is 1.56. The summed E-state index contributed by atoms with van der Waals surface area (Å²) in [4.78, 5) is 16.6. The lowest BCUT2D eigenvalue weighted by Gasteiger charge is -2.35. The molecule has 0 radical (unpaired) electrons. The fraction of sp³-hybridized carbons (Fsp3) is 0.611. The first kappa shape index (κ1) is 16.4. The lowest BCUT2D eigenvalue weighted by molar-refractivity contribution is -0.138. The van der Waals surface area contributed by atoms with Gasteiger partial charge in [-0.05, 0) is 18.4 Å². The topological polar surface area (TPSA) is 53.0 Å². The molecule has 2 heterocycles. The minimum atomic E-state index is -0.244. The Hall–Kier alpha value is -1.43. The molecule has 0 aliphatic carbocycles. The molecule has 1 atom stereocenters. The third-order valence-electron chi connectivity index (χ3n) is 4.69. The number of aliphatic hydroxyl groups excluding tert-OH is 1. The van der Waals surface area contributed by atoms with Gasteiger partial charge in [-0.2, -0.15) is 0 Å². The Morgan fingerprint density at radius 2 is 1.91 bits per heavy atom. The number of benzene rings is 1. The van der Waals surface area contributed by atoms with Gasteiger partial charge in [0, 0.05) is 32.7 Å². The average molecular weight is 318 g/mol. The standard InChI is InChI=1S/C18H26N2O3/c21-16-6-8-20(9-7-16)18(22)12-17-14-19(10-11-23-17)13-15-4-2-1-3-5-15/h1-5,16-17,21H,6-14H2. The van der Waals surface area contributed by atoms with Crippen LogP contribution in [0.25, 0.3) is 0 Å². The number of hydrogen-bond acceptors (Lipinski definition) is 4. The predicted octanol–water partition coefficient (Wildman–Crippen LogP) is 1.26. The fourth-order valence-electron chi connectivity index (χ4n) is 3.33. The van der Waals surface area contributed by atoms with Crippen molar-refractivity contribution < 1.29 is 14.6 Å². The molecule has 0 saturated carbocycles. The Balaban J connectivity index is 1.47. The van der Waals surface area contributed by atoms with Crippen LogP contribution in [0.5, 0.6) is 0 Å². The largest absolute Gasteiger partial charge is 0.393 e. The number of nitrogens with zero attached hydrogens (tertiary/aromatic N) is 2. The van der Waals surface area contributed by atoms with Crippen LogP contribution in [0.15, 0.2) is 30.3 Å². The SMILES string of the molecule is O=C(CC1CN(Cc2ccccc2)CCO1)N1CCC(O)CC1. The summed E-state index contributed by atoms with van der Waals surface area (Å²) < 4.78 is 5.79. The Kier molecular flexibility index (Phi) is 5.65. The van der Waals surface area contributed by atoms with Crippen molar-refractivity contribution in [1.82, 2.24) is 9.80 Å². The number of ether oxygens (including phenoxy) is 1. The molecule has 1 aromatic rings. The molecule has 2 fully saturated rings. The molecule has 1 amide bonds. The molecular weight excluding hydrogens is 292 g/mol. The molecule has 0 bridgehead atoms. The molecule has 126 valence electrons. The van der Waals surface area contributed by atoms with Gasteiger partial charge >= 0.3 is 0 Å². The van der Waals surface area contributed by atoms with Gasteiger partial charge in [0.25, 0.3) is 0 Å². The maximum atomic E-state index is 12.4. The van der Waals surface area contributed by atoms with Crippen molar-refractivity contribution >= 4 is 5.91 Å². The maximum Gasteiger partial charge on any atom is 0.225 e. The van der Waals surface area contributed by atoms with Crippen LogP contribution in [0, 0.1) is 0 Å². The second kappa shape index (κ2) is 7.90. The van der Waals surface area contributed by atoms with E-state index in [2.05, 4.69) is 29.2 Å². The van der Waals surface area contributed by atoms with E-state index in [0.29, 0.717) is 39.0 Å². The average Bonchev–Trinajstić information content (AvgIpc) is 2.57. The number of piperidine rings is 1. The van der Waals surface area contributed by atoms with E-state index in [4.69, 9.17) is 4.74 Å². The van der Waals surface area contributed by atoms with Gasteiger partial charge in [0.15, 0.2) is 0 Å².